The summed E-state index contributed by atoms with van der Waals surface area (Å²) in [5, 5.41) is 42.7. The number of aliphatic hydroxyl groups excluding tert-OH is 2. The van der Waals surface area contributed by atoms with Gasteiger partial charge in [-0.15, -0.1) is 0 Å². The summed E-state index contributed by atoms with van der Waals surface area (Å²) in [5.41, 5.74) is 6.10. The largest absolute Gasteiger partial charge is 0.481 e. The Morgan fingerprint density at radius 1 is 0.781 bits per heavy atom. The smallest absolute Gasteiger partial charge is 0.326 e. The van der Waals surface area contributed by atoms with Gasteiger partial charge in [-0.05, 0) is 5.56 Å². The molecule has 32 heavy (non-hydrogen) atoms. The molecule has 13 nitrogen and oxygen atoms in total. The first kappa shape index (κ1) is 26.5. The Morgan fingerprint density at radius 3 is 1.81 bits per heavy atom. The molecule has 0 aliphatic heterocycles. The third-order valence-electron chi connectivity index (χ3n) is 4.26. The third kappa shape index (κ3) is 8.67. The van der Waals surface area contributed by atoms with E-state index >= 15 is 0 Å². The zero-order valence-electron chi connectivity index (χ0n) is 16.9. The molecule has 1 rings (SSSR count). The molecule has 9 N–H and O–H groups in total. The Hall–Kier alpha value is -3.55. The molecule has 1 aromatic rings. The molecule has 3 amide bonds. The van der Waals surface area contributed by atoms with Crippen LogP contribution in [0.25, 0.3) is 0 Å². The highest BCUT2D eigenvalue weighted by atomic mass is 16.4. The molecule has 0 aliphatic rings. The fraction of sp³-hybridized carbons (Fsp3) is 0.421. The van der Waals surface area contributed by atoms with Crippen molar-refractivity contribution in [2.24, 2.45) is 5.73 Å². The molecule has 4 atom stereocenters. The summed E-state index contributed by atoms with van der Waals surface area (Å²) in [7, 11) is 0. The molecule has 4 unspecified atom stereocenters. The van der Waals surface area contributed by atoms with Crippen molar-refractivity contribution in [1.82, 2.24) is 16.0 Å². The van der Waals surface area contributed by atoms with Crippen LogP contribution in [0.5, 0.6) is 0 Å². The van der Waals surface area contributed by atoms with Gasteiger partial charge in [-0.25, -0.2) is 4.79 Å². The van der Waals surface area contributed by atoms with Gasteiger partial charge in [-0.2, -0.15) is 0 Å². The van der Waals surface area contributed by atoms with Crippen molar-refractivity contribution in [3.05, 3.63) is 35.9 Å². The molecule has 0 heterocycles. The van der Waals surface area contributed by atoms with Gasteiger partial charge in [0.05, 0.1) is 19.6 Å². The number of hydrogen-bond acceptors (Lipinski definition) is 8. The van der Waals surface area contributed by atoms with Crippen LogP contribution in [0.4, 0.5) is 0 Å². The van der Waals surface area contributed by atoms with Gasteiger partial charge in [-0.1, -0.05) is 30.3 Å². The molecule has 0 spiro atoms. The first-order valence-corrected chi connectivity index (χ1v) is 9.46. The summed E-state index contributed by atoms with van der Waals surface area (Å²) in [6.07, 6.45) is -0.938. The van der Waals surface area contributed by atoms with Crippen molar-refractivity contribution in [2.45, 2.75) is 37.0 Å². The fourth-order valence-electron chi connectivity index (χ4n) is 2.53. The highest BCUT2D eigenvalue weighted by molar-refractivity contribution is 5.94. The van der Waals surface area contributed by atoms with E-state index in [-0.39, 0.29) is 6.42 Å². The fourth-order valence-corrected chi connectivity index (χ4v) is 2.53. The molecule has 0 bridgehead atoms. The molecule has 176 valence electrons. The number of carbonyl (C=O) groups is 5. The van der Waals surface area contributed by atoms with Crippen LogP contribution >= 0.6 is 0 Å². The lowest BCUT2D eigenvalue weighted by Crippen LogP contribution is -2.59. The second-order valence-corrected chi connectivity index (χ2v) is 6.78. The third-order valence-corrected chi connectivity index (χ3v) is 4.26. The highest BCUT2D eigenvalue weighted by Crippen LogP contribution is 2.05. The minimum atomic E-state index is -1.78. The molecule has 1 aromatic carbocycles. The van der Waals surface area contributed by atoms with Gasteiger partial charge in [0.2, 0.25) is 17.7 Å². The van der Waals surface area contributed by atoms with Crippen molar-refractivity contribution in [3.8, 4) is 0 Å². The number of nitrogens with one attached hydrogen (secondary N) is 3. The molecule has 0 saturated heterocycles. The number of aliphatic hydroxyl groups is 2. The average Bonchev–Trinajstić information content (AvgIpc) is 2.75. The van der Waals surface area contributed by atoms with Crippen LogP contribution in [0.3, 0.4) is 0 Å². The monoisotopic (exact) mass is 454 g/mol. The van der Waals surface area contributed by atoms with E-state index in [4.69, 9.17) is 21.1 Å². The van der Waals surface area contributed by atoms with Gasteiger partial charge >= 0.3 is 11.9 Å². The number of hydrogen-bond donors (Lipinski definition) is 8. The summed E-state index contributed by atoms with van der Waals surface area (Å²) >= 11 is 0. The van der Waals surface area contributed by atoms with E-state index in [1.807, 2.05) is 5.32 Å². The van der Waals surface area contributed by atoms with Crippen LogP contribution < -0.4 is 21.7 Å². The number of rotatable bonds is 13. The SMILES string of the molecule is NC(CO)C(=O)NC(Cc1ccccc1)C(=O)NC(CO)C(=O)NC(CC(=O)O)C(=O)O. The Bertz CT molecular complexity index is 818. The lowest BCUT2D eigenvalue weighted by Gasteiger charge is -2.24. The number of aliphatic carboxylic acids is 2. The molecule has 0 radical (unpaired) electrons. The topological polar surface area (TPSA) is 228 Å². The molecule has 0 saturated carbocycles. The molecular formula is C19H26N4O9. The van der Waals surface area contributed by atoms with Crippen molar-refractivity contribution < 1.29 is 44.4 Å². The molecule has 13 heteroatoms. The predicted octanol–water partition coefficient (Wildman–Crippen LogP) is -3.45. The first-order chi connectivity index (χ1) is 15.1. The number of nitrogens with two attached hydrogens (primary N) is 1. The molecular weight excluding hydrogens is 428 g/mol. The number of benzene rings is 1. The zero-order valence-corrected chi connectivity index (χ0v) is 16.9. The Kier molecular flexibility index (Phi) is 10.8. The number of carboxylic acid groups (broad SMARTS) is 2. The Balaban J connectivity index is 2.96. The van der Waals surface area contributed by atoms with Gasteiger partial charge in [0.25, 0.3) is 0 Å². The van der Waals surface area contributed by atoms with Gasteiger partial charge in [0, 0.05) is 6.42 Å². The van der Waals surface area contributed by atoms with Crippen molar-refractivity contribution >= 4 is 29.7 Å². The van der Waals surface area contributed by atoms with E-state index in [1.54, 1.807) is 30.3 Å². The van der Waals surface area contributed by atoms with E-state index in [0.29, 0.717) is 5.56 Å². The number of carbonyl (C=O) groups excluding carboxylic acids is 3. The van der Waals surface area contributed by atoms with Crippen molar-refractivity contribution in [2.75, 3.05) is 13.2 Å². The van der Waals surface area contributed by atoms with Crippen LogP contribution in [-0.2, 0) is 30.4 Å². The number of amides is 3. The Labute approximate surface area is 182 Å². The highest BCUT2D eigenvalue weighted by Gasteiger charge is 2.30. The summed E-state index contributed by atoms with van der Waals surface area (Å²) in [4.78, 5) is 59.0. The summed E-state index contributed by atoms with van der Waals surface area (Å²) in [6, 6.07) is 2.53. The predicted molar refractivity (Wildman–Crippen MR) is 108 cm³/mol. The molecule has 0 aliphatic carbocycles. The van der Waals surface area contributed by atoms with Crippen LogP contribution in [0.1, 0.15) is 12.0 Å². The van der Waals surface area contributed by atoms with E-state index < -0.39 is 73.5 Å². The van der Waals surface area contributed by atoms with Gasteiger partial charge < -0.3 is 42.1 Å². The lowest BCUT2D eigenvalue weighted by molar-refractivity contribution is -0.147. The van der Waals surface area contributed by atoms with Crippen LogP contribution in [-0.4, -0.2) is 87.5 Å². The zero-order chi connectivity index (χ0) is 24.3. The van der Waals surface area contributed by atoms with Crippen LogP contribution in [0, 0.1) is 0 Å². The standard InChI is InChI=1S/C19H26N4O9/c20-11(8-24)16(28)21-12(6-10-4-2-1-3-5-10)17(29)23-14(9-25)18(30)22-13(19(31)32)7-15(26)27/h1-5,11-14,24-25H,6-9,20H2,(H,21,28)(H,22,30)(H,23,29)(H,26,27)(H,31,32). The normalized spacial score (nSPS) is 14.3. The van der Waals surface area contributed by atoms with Crippen molar-refractivity contribution in [1.29, 1.82) is 0 Å². The minimum absolute atomic E-state index is 0.0207. The maximum absolute atomic E-state index is 12.7. The average molecular weight is 454 g/mol. The number of carboxylic acids is 2. The van der Waals surface area contributed by atoms with Gasteiger partial charge in [0.15, 0.2) is 0 Å². The maximum Gasteiger partial charge on any atom is 0.326 e. The van der Waals surface area contributed by atoms with E-state index in [1.165, 1.54) is 0 Å². The Morgan fingerprint density at radius 2 is 1.31 bits per heavy atom. The summed E-state index contributed by atoms with van der Waals surface area (Å²) < 4.78 is 0. The molecule has 0 fully saturated rings. The van der Waals surface area contributed by atoms with Gasteiger partial charge in [0.1, 0.15) is 24.2 Å². The van der Waals surface area contributed by atoms with Gasteiger partial charge in [-0.3, -0.25) is 19.2 Å². The lowest BCUT2D eigenvalue weighted by atomic mass is 10.0. The van der Waals surface area contributed by atoms with Crippen LogP contribution in [0.15, 0.2) is 30.3 Å². The second kappa shape index (κ2) is 13.0. The summed E-state index contributed by atoms with van der Waals surface area (Å²) in [5.74, 6) is -5.96. The second-order valence-electron chi connectivity index (χ2n) is 6.78. The first-order valence-electron chi connectivity index (χ1n) is 9.46. The van der Waals surface area contributed by atoms with Crippen LogP contribution in [0.2, 0.25) is 0 Å². The maximum atomic E-state index is 12.7. The van der Waals surface area contributed by atoms with E-state index in [9.17, 15) is 29.1 Å². The summed E-state index contributed by atoms with van der Waals surface area (Å²) in [6.45, 7) is -1.60. The minimum Gasteiger partial charge on any atom is -0.481 e. The van der Waals surface area contributed by atoms with E-state index in [0.717, 1.165) is 0 Å². The molecule has 0 aromatic heterocycles. The van der Waals surface area contributed by atoms with Crippen molar-refractivity contribution in [3.63, 3.8) is 0 Å². The van der Waals surface area contributed by atoms with E-state index in [2.05, 4.69) is 10.6 Å². The quantitative estimate of drug-likeness (QED) is 0.147.